The van der Waals surface area contributed by atoms with E-state index in [1.165, 1.54) is 0 Å². The molecule has 0 aromatic heterocycles. The summed E-state index contributed by atoms with van der Waals surface area (Å²) in [4.78, 5) is 26.3. The first-order valence-corrected chi connectivity index (χ1v) is 17.8. The van der Waals surface area contributed by atoms with Gasteiger partial charge in [0, 0.05) is 0 Å². The van der Waals surface area contributed by atoms with Crippen LogP contribution in [0.1, 0.15) is 57.8 Å². The molecule has 182 valence electrons. The molecule has 0 aliphatic rings. The van der Waals surface area contributed by atoms with Gasteiger partial charge in [0.2, 0.25) is 0 Å². The predicted molar refractivity (Wildman–Crippen MR) is 148 cm³/mol. The van der Waals surface area contributed by atoms with E-state index in [0.717, 1.165) is 20.1 Å². The van der Waals surface area contributed by atoms with Crippen molar-refractivity contribution in [1.29, 1.82) is 0 Å². The van der Waals surface area contributed by atoms with Crippen molar-refractivity contribution < 1.29 is 9.59 Å². The van der Waals surface area contributed by atoms with Crippen molar-refractivity contribution in [1.82, 2.24) is 10.6 Å². The fourth-order valence-corrected chi connectivity index (χ4v) is 10.9. The second-order valence-electron chi connectivity index (χ2n) is 8.37. The Hall–Kier alpha value is -3.14. The third-order valence-corrected chi connectivity index (χ3v) is 13.0. The topological polar surface area (TPSA) is 58.2 Å². The Kier molecular flexibility index (Phi) is 9.16. The van der Waals surface area contributed by atoms with E-state index >= 15 is 0 Å². The third kappa shape index (κ3) is 6.75. The standard InChI is InChI=1S/C30H28N2O2Se2/c1-21(23-13-5-3-6-14-23)31-29(33)25-17-9-11-19-27(25)35-36-28-20-12-10-18-26(28)30(34)32-22(2)24-15-7-4-8-16-24/h3-22H,1-2H3,(H,31,33)(H,32,34)/t21-,22-/m0/s1. The summed E-state index contributed by atoms with van der Waals surface area (Å²) in [6.07, 6.45) is 0. The fourth-order valence-electron chi connectivity index (χ4n) is 3.74. The molecule has 2 amide bonds. The number of rotatable bonds is 9. The average Bonchev–Trinajstić information content (AvgIpc) is 2.93. The Labute approximate surface area is 223 Å². The van der Waals surface area contributed by atoms with Crippen LogP contribution in [-0.4, -0.2) is 38.1 Å². The van der Waals surface area contributed by atoms with Gasteiger partial charge in [-0.25, -0.2) is 0 Å². The van der Waals surface area contributed by atoms with Crippen molar-refractivity contribution in [3.05, 3.63) is 131 Å². The van der Waals surface area contributed by atoms with Crippen molar-refractivity contribution in [3.8, 4) is 0 Å². The van der Waals surface area contributed by atoms with Crippen molar-refractivity contribution >= 4 is 47.0 Å². The van der Waals surface area contributed by atoms with Crippen molar-refractivity contribution in [2.24, 2.45) is 0 Å². The third-order valence-electron chi connectivity index (χ3n) is 5.78. The van der Waals surface area contributed by atoms with E-state index in [-0.39, 0.29) is 50.2 Å². The summed E-state index contributed by atoms with van der Waals surface area (Å²) in [6.45, 7) is 3.99. The van der Waals surface area contributed by atoms with Gasteiger partial charge in [-0.05, 0) is 0 Å². The molecule has 0 heterocycles. The summed E-state index contributed by atoms with van der Waals surface area (Å²) in [6, 6.07) is 35.4. The molecule has 0 spiro atoms. The minimum absolute atomic E-state index is 0.0400. The van der Waals surface area contributed by atoms with E-state index in [1.54, 1.807) is 0 Å². The molecule has 0 unspecified atom stereocenters. The Balaban J connectivity index is 1.45. The first-order valence-electron chi connectivity index (χ1n) is 11.8. The van der Waals surface area contributed by atoms with E-state index in [4.69, 9.17) is 0 Å². The summed E-state index contributed by atoms with van der Waals surface area (Å²) in [5.41, 5.74) is 3.56. The molecule has 4 aromatic rings. The molecule has 0 aliphatic carbocycles. The molecule has 2 N–H and O–H groups in total. The molecule has 4 aromatic carbocycles. The number of hydrogen-bond acceptors (Lipinski definition) is 2. The molecule has 0 bridgehead atoms. The van der Waals surface area contributed by atoms with Gasteiger partial charge < -0.3 is 0 Å². The predicted octanol–water partition coefficient (Wildman–Crippen LogP) is 3.94. The van der Waals surface area contributed by atoms with E-state index in [0.29, 0.717) is 11.1 Å². The molecule has 0 radical (unpaired) electrons. The zero-order valence-corrected chi connectivity index (χ0v) is 23.6. The summed E-state index contributed by atoms with van der Waals surface area (Å²) in [5.74, 6) is -0.135. The fraction of sp³-hybridized carbons (Fsp3) is 0.133. The van der Waals surface area contributed by atoms with Gasteiger partial charge in [-0.15, -0.1) is 0 Å². The Bertz CT molecular complexity index is 1210. The Morgan fingerprint density at radius 3 is 1.25 bits per heavy atom. The summed E-state index contributed by atoms with van der Waals surface area (Å²) >= 11 is 0.0801. The monoisotopic (exact) mass is 608 g/mol. The molecule has 2 atom stereocenters. The molecule has 0 fully saturated rings. The van der Waals surface area contributed by atoms with Crippen molar-refractivity contribution in [3.63, 3.8) is 0 Å². The molecular weight excluding hydrogens is 578 g/mol. The number of carbonyl (C=O) groups is 2. The van der Waals surface area contributed by atoms with E-state index in [1.807, 2.05) is 123 Å². The van der Waals surface area contributed by atoms with Crippen LogP contribution in [0.4, 0.5) is 0 Å². The maximum atomic E-state index is 13.1. The molecule has 6 heteroatoms. The van der Waals surface area contributed by atoms with E-state index in [9.17, 15) is 9.59 Å². The first kappa shape index (κ1) is 25.9. The van der Waals surface area contributed by atoms with Crippen molar-refractivity contribution in [2.75, 3.05) is 0 Å². The van der Waals surface area contributed by atoms with Gasteiger partial charge in [0.15, 0.2) is 0 Å². The van der Waals surface area contributed by atoms with Crippen LogP contribution in [0.15, 0.2) is 109 Å². The van der Waals surface area contributed by atoms with Crippen LogP contribution in [0.3, 0.4) is 0 Å². The van der Waals surface area contributed by atoms with Gasteiger partial charge in [-0.2, -0.15) is 0 Å². The Morgan fingerprint density at radius 2 is 0.861 bits per heavy atom. The number of amides is 2. The van der Waals surface area contributed by atoms with Crippen LogP contribution in [0.25, 0.3) is 0 Å². The van der Waals surface area contributed by atoms with E-state index < -0.39 is 0 Å². The summed E-state index contributed by atoms with van der Waals surface area (Å²) in [5, 5.41) is 6.26. The molecule has 0 saturated heterocycles. The zero-order valence-electron chi connectivity index (χ0n) is 20.2. The van der Waals surface area contributed by atoms with E-state index in [2.05, 4.69) is 10.6 Å². The Morgan fingerprint density at radius 1 is 0.528 bits per heavy atom. The van der Waals surface area contributed by atoms with Gasteiger partial charge in [0.25, 0.3) is 0 Å². The molecular formula is C30H28N2O2Se2. The maximum absolute atomic E-state index is 13.1. The van der Waals surface area contributed by atoms with Crippen LogP contribution in [0.2, 0.25) is 0 Å². The number of carbonyl (C=O) groups excluding carboxylic acids is 2. The van der Waals surface area contributed by atoms with Gasteiger partial charge >= 0.3 is 225 Å². The number of hydrogen-bond donors (Lipinski definition) is 2. The average molecular weight is 606 g/mol. The van der Waals surface area contributed by atoms with Crippen LogP contribution in [0.5, 0.6) is 0 Å². The minimum atomic E-state index is -0.0826. The van der Waals surface area contributed by atoms with Crippen molar-refractivity contribution in [2.45, 2.75) is 25.9 Å². The first-order chi connectivity index (χ1) is 17.5. The molecule has 36 heavy (non-hydrogen) atoms. The number of nitrogens with one attached hydrogen (secondary N) is 2. The second-order valence-corrected chi connectivity index (χ2v) is 14.5. The quantitative estimate of drug-likeness (QED) is 0.284. The SMILES string of the molecule is C[C@H](NC(=O)c1ccccc1[Se][Se]c1ccccc1C(=O)N[C@@H](C)c1ccccc1)c1ccccc1. The van der Waals surface area contributed by atoms with Crippen LogP contribution < -0.4 is 19.6 Å². The van der Waals surface area contributed by atoms with Gasteiger partial charge in [0.1, 0.15) is 0 Å². The summed E-state index contributed by atoms with van der Waals surface area (Å²) < 4.78 is 2.10. The van der Waals surface area contributed by atoms with Crippen LogP contribution >= 0.6 is 0 Å². The molecule has 0 saturated carbocycles. The van der Waals surface area contributed by atoms with Gasteiger partial charge in [-0.1, -0.05) is 0 Å². The van der Waals surface area contributed by atoms with Gasteiger partial charge in [0.05, 0.1) is 0 Å². The number of benzene rings is 4. The van der Waals surface area contributed by atoms with Gasteiger partial charge in [-0.3, -0.25) is 0 Å². The molecule has 0 aliphatic heterocycles. The zero-order chi connectivity index (χ0) is 25.3. The second kappa shape index (κ2) is 12.7. The summed E-state index contributed by atoms with van der Waals surface area (Å²) in [7, 11) is 0. The molecule has 4 rings (SSSR count). The normalized spacial score (nSPS) is 12.4. The van der Waals surface area contributed by atoms with Crippen LogP contribution in [-0.2, 0) is 0 Å². The van der Waals surface area contributed by atoms with Crippen LogP contribution in [0, 0.1) is 0 Å². The molecule has 4 nitrogen and oxygen atoms in total.